The molecule has 1 amide bonds. The fraction of sp³-hybridized carbons (Fsp3) is 0.100. The highest BCUT2D eigenvalue weighted by molar-refractivity contribution is 5.93. The summed E-state index contributed by atoms with van der Waals surface area (Å²) in [5.74, 6) is 0.234. The predicted octanol–water partition coefficient (Wildman–Crippen LogP) is 2.38. The highest BCUT2D eigenvalue weighted by atomic mass is 16.2. The Morgan fingerprint density at radius 2 is 1.85 bits per heavy atom. The van der Waals surface area contributed by atoms with Crippen LogP contribution in [0.15, 0.2) is 71.8 Å². The summed E-state index contributed by atoms with van der Waals surface area (Å²) in [6, 6.07) is 16.7. The van der Waals surface area contributed by atoms with E-state index in [9.17, 15) is 9.59 Å². The van der Waals surface area contributed by atoms with Gasteiger partial charge in [-0.15, -0.1) is 0 Å². The summed E-state index contributed by atoms with van der Waals surface area (Å²) in [6.45, 7) is 0.190. The SMILES string of the molecule is CN(Cc1nc2ccccc2c(=O)[nH]1)C(=O)c1cnn(-c2ccccc2)c1. The molecule has 1 N–H and O–H groups in total. The fourth-order valence-electron chi connectivity index (χ4n) is 2.88. The second-order valence-corrected chi connectivity index (χ2v) is 6.20. The zero-order valence-electron chi connectivity index (χ0n) is 14.7. The number of para-hydroxylation sites is 2. The Balaban J connectivity index is 1.55. The number of hydrogen-bond acceptors (Lipinski definition) is 4. The number of hydrogen-bond donors (Lipinski definition) is 1. The lowest BCUT2D eigenvalue weighted by Crippen LogP contribution is -2.28. The number of carbonyl (C=O) groups is 1. The van der Waals surface area contributed by atoms with E-state index in [1.165, 1.54) is 11.1 Å². The van der Waals surface area contributed by atoms with E-state index in [1.54, 1.807) is 36.1 Å². The number of nitrogens with one attached hydrogen (secondary N) is 1. The maximum atomic E-state index is 12.7. The first-order chi connectivity index (χ1) is 13.1. The quantitative estimate of drug-likeness (QED) is 0.606. The Hall–Kier alpha value is -3.74. The zero-order valence-corrected chi connectivity index (χ0v) is 14.7. The molecule has 2 heterocycles. The number of aromatic nitrogens is 4. The molecule has 0 aliphatic heterocycles. The van der Waals surface area contributed by atoms with Gasteiger partial charge in [0.25, 0.3) is 11.5 Å². The van der Waals surface area contributed by atoms with Crippen molar-refractivity contribution >= 4 is 16.8 Å². The van der Waals surface area contributed by atoms with Crippen molar-refractivity contribution in [2.75, 3.05) is 7.05 Å². The zero-order chi connectivity index (χ0) is 18.8. The number of fused-ring (bicyclic) bond motifs is 1. The van der Waals surface area contributed by atoms with Crippen LogP contribution in [0.1, 0.15) is 16.2 Å². The standard InChI is InChI=1S/C20H17N5O2/c1-24(13-18-22-17-10-6-5-9-16(17)19(26)23-18)20(27)14-11-21-25(12-14)15-7-3-2-4-8-15/h2-12H,13H2,1H3,(H,22,23,26). The molecule has 0 aliphatic carbocycles. The third-order valence-corrected chi connectivity index (χ3v) is 4.25. The number of H-pyrrole nitrogens is 1. The number of amides is 1. The monoisotopic (exact) mass is 359 g/mol. The van der Waals surface area contributed by atoms with Crippen LogP contribution < -0.4 is 5.56 Å². The van der Waals surface area contributed by atoms with Gasteiger partial charge in [-0.1, -0.05) is 30.3 Å². The molecule has 0 unspecified atom stereocenters. The van der Waals surface area contributed by atoms with Crippen LogP contribution in [0.4, 0.5) is 0 Å². The molecular weight excluding hydrogens is 342 g/mol. The van der Waals surface area contributed by atoms with E-state index in [0.29, 0.717) is 22.3 Å². The minimum absolute atomic E-state index is 0.190. The van der Waals surface area contributed by atoms with Crippen molar-refractivity contribution < 1.29 is 4.79 Å². The van der Waals surface area contributed by atoms with Crippen LogP contribution in [0.2, 0.25) is 0 Å². The van der Waals surface area contributed by atoms with E-state index in [1.807, 2.05) is 36.4 Å². The second kappa shape index (κ2) is 6.87. The lowest BCUT2D eigenvalue weighted by atomic mass is 10.2. The van der Waals surface area contributed by atoms with Crippen molar-refractivity contribution in [3.63, 3.8) is 0 Å². The van der Waals surface area contributed by atoms with Gasteiger partial charge in [-0.2, -0.15) is 5.10 Å². The van der Waals surface area contributed by atoms with Crippen molar-refractivity contribution in [2.45, 2.75) is 6.54 Å². The third kappa shape index (κ3) is 3.35. The maximum absolute atomic E-state index is 12.7. The maximum Gasteiger partial charge on any atom is 0.258 e. The Labute approximate surface area is 154 Å². The molecule has 4 aromatic rings. The minimum Gasteiger partial charge on any atom is -0.334 e. The number of carbonyl (C=O) groups excluding carboxylic acids is 1. The summed E-state index contributed by atoms with van der Waals surface area (Å²) in [4.78, 5) is 33.5. The number of aromatic amines is 1. The Kier molecular flexibility index (Phi) is 4.25. The molecule has 27 heavy (non-hydrogen) atoms. The van der Waals surface area contributed by atoms with Crippen LogP contribution >= 0.6 is 0 Å². The van der Waals surface area contributed by atoms with Crippen LogP contribution in [0.5, 0.6) is 0 Å². The molecule has 0 fully saturated rings. The summed E-state index contributed by atoms with van der Waals surface area (Å²) in [5, 5.41) is 4.77. The molecule has 0 saturated carbocycles. The van der Waals surface area contributed by atoms with Gasteiger partial charge in [0.05, 0.1) is 34.9 Å². The van der Waals surface area contributed by atoms with E-state index in [-0.39, 0.29) is 18.0 Å². The van der Waals surface area contributed by atoms with Gasteiger partial charge in [0.15, 0.2) is 0 Å². The lowest BCUT2D eigenvalue weighted by molar-refractivity contribution is 0.0781. The average molecular weight is 359 g/mol. The Morgan fingerprint density at radius 3 is 2.67 bits per heavy atom. The average Bonchev–Trinajstić information content (AvgIpc) is 3.18. The summed E-state index contributed by atoms with van der Waals surface area (Å²) >= 11 is 0. The fourth-order valence-corrected chi connectivity index (χ4v) is 2.88. The van der Waals surface area contributed by atoms with Crippen LogP contribution in [-0.4, -0.2) is 37.6 Å². The van der Waals surface area contributed by atoms with E-state index >= 15 is 0 Å². The first kappa shape index (κ1) is 16.7. The van der Waals surface area contributed by atoms with Crippen molar-refractivity contribution in [3.8, 4) is 5.69 Å². The van der Waals surface area contributed by atoms with Crippen LogP contribution in [-0.2, 0) is 6.54 Å². The Bertz CT molecular complexity index is 1160. The number of benzene rings is 2. The van der Waals surface area contributed by atoms with Crippen molar-refractivity contribution in [3.05, 3.63) is 88.7 Å². The third-order valence-electron chi connectivity index (χ3n) is 4.25. The normalized spacial score (nSPS) is 10.9. The Morgan fingerprint density at radius 1 is 1.11 bits per heavy atom. The van der Waals surface area contributed by atoms with Crippen LogP contribution in [0.25, 0.3) is 16.6 Å². The van der Waals surface area contributed by atoms with E-state index < -0.39 is 0 Å². The van der Waals surface area contributed by atoms with Gasteiger partial charge in [-0.25, -0.2) is 9.67 Å². The number of nitrogens with zero attached hydrogens (tertiary/aromatic N) is 4. The molecule has 7 heteroatoms. The van der Waals surface area contributed by atoms with Crippen molar-refractivity contribution in [1.29, 1.82) is 0 Å². The molecule has 7 nitrogen and oxygen atoms in total. The summed E-state index contributed by atoms with van der Waals surface area (Å²) in [5.41, 5.74) is 1.73. The van der Waals surface area contributed by atoms with Gasteiger partial charge in [-0.05, 0) is 24.3 Å². The molecule has 2 aromatic carbocycles. The molecule has 0 radical (unpaired) electrons. The predicted molar refractivity (Wildman–Crippen MR) is 102 cm³/mol. The van der Waals surface area contributed by atoms with Gasteiger partial charge in [-0.3, -0.25) is 9.59 Å². The first-order valence-corrected chi connectivity index (χ1v) is 8.45. The van der Waals surface area contributed by atoms with Gasteiger partial charge in [0.1, 0.15) is 5.82 Å². The van der Waals surface area contributed by atoms with E-state index in [4.69, 9.17) is 0 Å². The van der Waals surface area contributed by atoms with Gasteiger partial charge in [0, 0.05) is 13.2 Å². The number of rotatable bonds is 4. The van der Waals surface area contributed by atoms with E-state index in [0.717, 1.165) is 5.69 Å². The lowest BCUT2D eigenvalue weighted by Gasteiger charge is -2.15. The van der Waals surface area contributed by atoms with Crippen LogP contribution in [0.3, 0.4) is 0 Å². The van der Waals surface area contributed by atoms with Crippen molar-refractivity contribution in [1.82, 2.24) is 24.6 Å². The molecule has 0 spiro atoms. The second-order valence-electron chi connectivity index (χ2n) is 6.20. The van der Waals surface area contributed by atoms with Gasteiger partial charge in [0.2, 0.25) is 0 Å². The first-order valence-electron chi connectivity index (χ1n) is 8.45. The smallest absolute Gasteiger partial charge is 0.258 e. The molecule has 0 bridgehead atoms. The highest BCUT2D eigenvalue weighted by Crippen LogP contribution is 2.11. The molecule has 0 atom stereocenters. The molecular formula is C20H17N5O2. The largest absolute Gasteiger partial charge is 0.334 e. The molecule has 134 valence electrons. The van der Waals surface area contributed by atoms with Gasteiger partial charge >= 0.3 is 0 Å². The molecule has 0 aliphatic rings. The summed E-state index contributed by atoms with van der Waals surface area (Å²) in [7, 11) is 1.66. The summed E-state index contributed by atoms with van der Waals surface area (Å²) < 4.78 is 1.65. The summed E-state index contributed by atoms with van der Waals surface area (Å²) in [6.07, 6.45) is 3.22. The minimum atomic E-state index is -0.214. The molecule has 2 aromatic heterocycles. The molecule has 0 saturated heterocycles. The topological polar surface area (TPSA) is 83.9 Å². The van der Waals surface area contributed by atoms with Gasteiger partial charge < -0.3 is 9.88 Å². The molecule has 4 rings (SSSR count). The van der Waals surface area contributed by atoms with Crippen molar-refractivity contribution in [2.24, 2.45) is 0 Å². The van der Waals surface area contributed by atoms with Crippen LogP contribution in [0, 0.1) is 0 Å². The van der Waals surface area contributed by atoms with E-state index in [2.05, 4.69) is 15.1 Å². The highest BCUT2D eigenvalue weighted by Gasteiger charge is 2.16.